The highest BCUT2D eigenvalue weighted by molar-refractivity contribution is 7.89. The minimum absolute atomic E-state index is 0.129. The largest absolute Gasteiger partial charge is 0.345 e. The van der Waals surface area contributed by atoms with Gasteiger partial charge in [0.15, 0.2) is 5.13 Å². The summed E-state index contributed by atoms with van der Waals surface area (Å²) in [5.74, 6) is -0.144. The molecule has 1 aliphatic heterocycles. The minimum atomic E-state index is -3.55. The Kier molecular flexibility index (Phi) is 5.07. The maximum atomic E-state index is 12.7. The van der Waals surface area contributed by atoms with E-state index < -0.39 is 10.0 Å². The Morgan fingerprint density at radius 1 is 1.20 bits per heavy atom. The van der Waals surface area contributed by atoms with Crippen molar-refractivity contribution in [3.63, 3.8) is 0 Å². The molecular weight excluding hydrogens is 360 g/mol. The van der Waals surface area contributed by atoms with Gasteiger partial charge in [-0.25, -0.2) is 17.7 Å². The third-order valence-electron chi connectivity index (χ3n) is 4.12. The third-order valence-corrected chi connectivity index (χ3v) is 6.76. The number of benzene rings is 1. The quantitative estimate of drug-likeness (QED) is 0.801. The first-order valence-corrected chi connectivity index (χ1v) is 10.2. The highest BCUT2D eigenvalue weighted by Gasteiger charge is 2.25. The molecular formula is C16H20N4O3S2. The molecule has 2 aromatic rings. The van der Waals surface area contributed by atoms with E-state index in [1.54, 1.807) is 34.6 Å². The molecule has 1 saturated heterocycles. The van der Waals surface area contributed by atoms with Gasteiger partial charge in [-0.15, -0.1) is 11.3 Å². The number of carbonyl (C=O) groups excluding carboxylic acids is 1. The van der Waals surface area contributed by atoms with E-state index >= 15 is 0 Å². The highest BCUT2D eigenvalue weighted by atomic mass is 32.2. The molecule has 0 atom stereocenters. The number of piperazine rings is 1. The van der Waals surface area contributed by atoms with Crippen LogP contribution in [0.2, 0.25) is 0 Å². The summed E-state index contributed by atoms with van der Waals surface area (Å²) in [4.78, 5) is 21.1. The predicted molar refractivity (Wildman–Crippen MR) is 97.5 cm³/mol. The Balaban J connectivity index is 1.72. The van der Waals surface area contributed by atoms with Crippen LogP contribution in [0.15, 0.2) is 40.7 Å². The molecule has 0 saturated carbocycles. The van der Waals surface area contributed by atoms with Crippen LogP contribution in [0.1, 0.15) is 10.4 Å². The van der Waals surface area contributed by atoms with Crippen molar-refractivity contribution in [2.75, 3.05) is 45.2 Å². The number of carbonyl (C=O) groups is 1. The fraction of sp³-hybridized carbons (Fsp3) is 0.375. The van der Waals surface area contributed by atoms with Gasteiger partial charge < -0.3 is 9.80 Å². The number of amides is 1. The summed E-state index contributed by atoms with van der Waals surface area (Å²) in [6.07, 6.45) is 1.77. The molecule has 9 heteroatoms. The second-order valence-electron chi connectivity index (χ2n) is 5.91. The van der Waals surface area contributed by atoms with Gasteiger partial charge in [-0.05, 0) is 18.2 Å². The van der Waals surface area contributed by atoms with E-state index in [9.17, 15) is 13.2 Å². The van der Waals surface area contributed by atoms with Crippen molar-refractivity contribution in [2.24, 2.45) is 0 Å². The molecule has 1 aromatic carbocycles. The molecule has 0 unspecified atom stereocenters. The highest BCUT2D eigenvalue weighted by Crippen LogP contribution is 2.20. The molecule has 3 rings (SSSR count). The van der Waals surface area contributed by atoms with Crippen LogP contribution in [0.25, 0.3) is 0 Å². The van der Waals surface area contributed by atoms with Crippen molar-refractivity contribution in [1.29, 1.82) is 0 Å². The average molecular weight is 380 g/mol. The van der Waals surface area contributed by atoms with Gasteiger partial charge in [-0.2, -0.15) is 0 Å². The average Bonchev–Trinajstić information content (AvgIpc) is 3.16. The molecule has 0 spiro atoms. The standard InChI is InChI=1S/C16H20N4O3S2/c1-18(2)25(22,23)14-5-3-4-13(12-14)15(21)19-7-9-20(10-8-19)16-17-6-11-24-16/h3-6,11-12H,7-10H2,1-2H3. The van der Waals surface area contributed by atoms with Crippen LogP contribution in [-0.2, 0) is 10.0 Å². The van der Waals surface area contributed by atoms with Crippen molar-refractivity contribution < 1.29 is 13.2 Å². The van der Waals surface area contributed by atoms with Gasteiger partial charge in [0.1, 0.15) is 0 Å². The summed E-state index contributed by atoms with van der Waals surface area (Å²) in [6.45, 7) is 2.61. The van der Waals surface area contributed by atoms with Crippen molar-refractivity contribution >= 4 is 32.4 Å². The van der Waals surface area contributed by atoms with Crippen molar-refractivity contribution in [3.05, 3.63) is 41.4 Å². The van der Waals surface area contributed by atoms with Crippen LogP contribution in [-0.4, -0.2) is 68.8 Å². The van der Waals surface area contributed by atoms with Gasteiger partial charge >= 0.3 is 0 Å². The van der Waals surface area contributed by atoms with Crippen molar-refractivity contribution in [1.82, 2.24) is 14.2 Å². The molecule has 134 valence electrons. The molecule has 25 heavy (non-hydrogen) atoms. The number of nitrogens with zero attached hydrogens (tertiary/aromatic N) is 4. The van der Waals surface area contributed by atoms with E-state index in [1.807, 2.05) is 5.38 Å². The maximum absolute atomic E-state index is 12.7. The number of thiazole rings is 1. The minimum Gasteiger partial charge on any atom is -0.345 e. The number of anilines is 1. The molecule has 1 aliphatic rings. The summed E-state index contributed by atoms with van der Waals surface area (Å²) in [5, 5.41) is 2.90. The van der Waals surface area contributed by atoms with Crippen molar-refractivity contribution in [2.45, 2.75) is 4.90 Å². The lowest BCUT2D eigenvalue weighted by Crippen LogP contribution is -2.48. The van der Waals surface area contributed by atoms with Gasteiger partial charge in [0.05, 0.1) is 4.90 Å². The Morgan fingerprint density at radius 3 is 2.52 bits per heavy atom. The zero-order valence-electron chi connectivity index (χ0n) is 14.1. The summed E-state index contributed by atoms with van der Waals surface area (Å²) >= 11 is 1.58. The van der Waals surface area contributed by atoms with Crippen LogP contribution in [0.3, 0.4) is 0 Å². The Morgan fingerprint density at radius 2 is 1.92 bits per heavy atom. The summed E-state index contributed by atoms with van der Waals surface area (Å²) in [7, 11) is -0.607. The van der Waals surface area contributed by atoms with Gasteiger partial charge in [0, 0.05) is 57.4 Å². The summed E-state index contributed by atoms with van der Waals surface area (Å²) < 4.78 is 25.6. The van der Waals surface area contributed by atoms with E-state index in [-0.39, 0.29) is 10.8 Å². The third kappa shape index (κ3) is 3.68. The second kappa shape index (κ2) is 7.11. The molecule has 1 aromatic heterocycles. The monoisotopic (exact) mass is 380 g/mol. The van der Waals surface area contributed by atoms with Gasteiger partial charge in [-0.3, -0.25) is 4.79 Å². The topological polar surface area (TPSA) is 73.8 Å². The Labute approximate surface area is 151 Å². The number of rotatable bonds is 4. The SMILES string of the molecule is CN(C)S(=O)(=O)c1cccc(C(=O)N2CCN(c3nccs3)CC2)c1. The second-order valence-corrected chi connectivity index (χ2v) is 8.93. The van der Waals surface area contributed by atoms with Crippen LogP contribution in [0.5, 0.6) is 0 Å². The fourth-order valence-corrected chi connectivity index (χ4v) is 4.30. The lowest BCUT2D eigenvalue weighted by molar-refractivity contribution is 0.0746. The zero-order chi connectivity index (χ0) is 18.0. The first kappa shape index (κ1) is 17.8. The lowest BCUT2D eigenvalue weighted by Gasteiger charge is -2.34. The predicted octanol–water partition coefficient (Wildman–Crippen LogP) is 1.36. The molecule has 2 heterocycles. The molecule has 1 amide bonds. The summed E-state index contributed by atoms with van der Waals surface area (Å²) in [6, 6.07) is 6.22. The number of hydrogen-bond donors (Lipinski definition) is 0. The van der Waals surface area contributed by atoms with E-state index in [4.69, 9.17) is 0 Å². The Bertz CT molecular complexity index is 842. The first-order valence-electron chi connectivity index (χ1n) is 7.86. The number of sulfonamides is 1. The van der Waals surface area contributed by atoms with Gasteiger partial charge in [0.2, 0.25) is 10.0 Å². The summed E-state index contributed by atoms with van der Waals surface area (Å²) in [5.41, 5.74) is 0.394. The van der Waals surface area contributed by atoms with E-state index in [2.05, 4.69) is 9.88 Å². The smallest absolute Gasteiger partial charge is 0.254 e. The van der Waals surface area contributed by atoms with E-state index in [1.165, 1.54) is 26.2 Å². The fourth-order valence-electron chi connectivity index (χ4n) is 2.66. The van der Waals surface area contributed by atoms with Crippen LogP contribution < -0.4 is 4.90 Å². The van der Waals surface area contributed by atoms with E-state index in [0.717, 1.165) is 22.5 Å². The van der Waals surface area contributed by atoms with Crippen LogP contribution in [0.4, 0.5) is 5.13 Å². The Hall–Kier alpha value is -1.97. The molecule has 7 nitrogen and oxygen atoms in total. The lowest BCUT2D eigenvalue weighted by atomic mass is 10.2. The molecule has 0 aliphatic carbocycles. The maximum Gasteiger partial charge on any atom is 0.254 e. The van der Waals surface area contributed by atoms with Crippen LogP contribution in [0, 0.1) is 0 Å². The van der Waals surface area contributed by atoms with Gasteiger partial charge in [-0.1, -0.05) is 6.07 Å². The normalized spacial score (nSPS) is 15.6. The molecule has 0 N–H and O–H groups in total. The van der Waals surface area contributed by atoms with Crippen molar-refractivity contribution in [3.8, 4) is 0 Å². The molecule has 0 bridgehead atoms. The number of aromatic nitrogens is 1. The molecule has 1 fully saturated rings. The zero-order valence-corrected chi connectivity index (χ0v) is 15.8. The first-order chi connectivity index (χ1) is 11.9. The molecule has 0 radical (unpaired) electrons. The number of hydrogen-bond acceptors (Lipinski definition) is 6. The van der Waals surface area contributed by atoms with E-state index in [0.29, 0.717) is 18.7 Å². The van der Waals surface area contributed by atoms with Crippen LogP contribution >= 0.6 is 11.3 Å². The van der Waals surface area contributed by atoms with Gasteiger partial charge in [0.25, 0.3) is 5.91 Å².